The summed E-state index contributed by atoms with van der Waals surface area (Å²) in [6.07, 6.45) is -1.41. The molecule has 3 aromatic carbocycles. The van der Waals surface area contributed by atoms with Gasteiger partial charge in [0.1, 0.15) is 0 Å². The summed E-state index contributed by atoms with van der Waals surface area (Å²) in [6.45, 7) is -0.638. The van der Waals surface area contributed by atoms with Crippen molar-refractivity contribution < 1.29 is 43.7 Å². The van der Waals surface area contributed by atoms with Gasteiger partial charge in [0, 0.05) is 11.3 Å². The number of fused-ring (bicyclic) bond motifs is 1. The van der Waals surface area contributed by atoms with Crippen molar-refractivity contribution in [2.24, 2.45) is 0 Å². The van der Waals surface area contributed by atoms with Crippen LogP contribution in [0.15, 0.2) is 47.4 Å². The van der Waals surface area contributed by atoms with Gasteiger partial charge < -0.3 is 4.18 Å². The van der Waals surface area contributed by atoms with E-state index in [1.54, 1.807) is 12.1 Å². The van der Waals surface area contributed by atoms with Gasteiger partial charge in [-0.2, -0.15) is 22.0 Å². The first-order valence-electron chi connectivity index (χ1n) is 10.2. The fourth-order valence-corrected chi connectivity index (χ4v) is 4.00. The zero-order valence-corrected chi connectivity index (χ0v) is 18.6. The fraction of sp³-hybridized carbons (Fsp3) is 0.250. The van der Waals surface area contributed by atoms with Crippen molar-refractivity contribution in [2.75, 3.05) is 6.67 Å². The molecule has 0 N–H and O–H groups in total. The molecule has 35 heavy (non-hydrogen) atoms. The van der Waals surface area contributed by atoms with Gasteiger partial charge in [0.15, 0.2) is 0 Å². The number of hydrogen-bond acceptors (Lipinski definition) is 2. The van der Waals surface area contributed by atoms with Gasteiger partial charge in [0.05, 0.1) is 24.3 Å². The molecule has 0 unspecified atom stereocenters. The van der Waals surface area contributed by atoms with Crippen LogP contribution in [0.25, 0.3) is 0 Å². The van der Waals surface area contributed by atoms with E-state index in [2.05, 4.69) is 0 Å². The van der Waals surface area contributed by atoms with Gasteiger partial charge >= 0.3 is 6.18 Å². The van der Waals surface area contributed by atoms with Crippen molar-refractivity contribution in [1.82, 2.24) is 0 Å². The molecule has 0 saturated heterocycles. The standard InChI is InChI=1S/C15H9F5OS.C9H8F4/c16-10-11(17)13(19)15(14(20)12(10)18)21-22-9-5-4-7-2-1-3-8(7)6-9;10-5-4-7-2-1-3-8(6-7)9(11,12)13/h4-6H,1-3H2;1-3,6H,4-5H2. The Hall–Kier alpha value is -2.82. The summed E-state index contributed by atoms with van der Waals surface area (Å²) in [5, 5.41) is 0. The lowest BCUT2D eigenvalue weighted by Gasteiger charge is -2.09. The van der Waals surface area contributed by atoms with Crippen LogP contribution in [0.5, 0.6) is 5.75 Å². The van der Waals surface area contributed by atoms with Gasteiger partial charge in [-0.1, -0.05) is 24.3 Å². The molecule has 4 rings (SSSR count). The summed E-state index contributed by atoms with van der Waals surface area (Å²) in [4.78, 5) is 0.532. The van der Waals surface area contributed by atoms with E-state index in [1.807, 2.05) is 6.07 Å². The molecule has 188 valence electrons. The first-order chi connectivity index (χ1) is 16.5. The monoisotopic (exact) mass is 524 g/mol. The largest absolute Gasteiger partial charge is 0.416 e. The topological polar surface area (TPSA) is 9.23 Å². The predicted octanol–water partition coefficient (Wildman–Crippen LogP) is 8.17. The molecular formula is C24H17F9OS. The summed E-state index contributed by atoms with van der Waals surface area (Å²) in [6, 6.07) is 10.1. The van der Waals surface area contributed by atoms with Crippen molar-refractivity contribution >= 4 is 12.0 Å². The van der Waals surface area contributed by atoms with Crippen molar-refractivity contribution in [2.45, 2.75) is 36.8 Å². The number of hydrogen-bond donors (Lipinski definition) is 0. The number of benzene rings is 3. The zero-order valence-electron chi connectivity index (χ0n) is 17.8. The van der Waals surface area contributed by atoms with E-state index >= 15 is 0 Å². The average molecular weight is 524 g/mol. The molecule has 0 bridgehead atoms. The van der Waals surface area contributed by atoms with Gasteiger partial charge in [-0.15, -0.1) is 0 Å². The molecular weight excluding hydrogens is 507 g/mol. The van der Waals surface area contributed by atoms with Crippen LogP contribution in [-0.2, 0) is 25.4 Å². The van der Waals surface area contributed by atoms with Gasteiger partial charge in [-0.25, -0.2) is 13.2 Å². The quantitative estimate of drug-likeness (QED) is 0.144. The van der Waals surface area contributed by atoms with E-state index in [-0.39, 0.29) is 6.42 Å². The summed E-state index contributed by atoms with van der Waals surface area (Å²) in [7, 11) is 0. The predicted molar refractivity (Wildman–Crippen MR) is 112 cm³/mol. The van der Waals surface area contributed by atoms with Crippen LogP contribution >= 0.6 is 12.0 Å². The second kappa shape index (κ2) is 11.3. The third-order valence-corrected chi connectivity index (χ3v) is 5.79. The molecule has 1 nitrogen and oxygen atoms in total. The van der Waals surface area contributed by atoms with Gasteiger partial charge in [-0.05, 0) is 54.2 Å². The summed E-state index contributed by atoms with van der Waals surface area (Å²) >= 11 is 0.555. The first kappa shape index (κ1) is 26.8. The van der Waals surface area contributed by atoms with E-state index in [4.69, 9.17) is 4.18 Å². The molecule has 0 spiro atoms. The third kappa shape index (κ3) is 6.45. The van der Waals surface area contributed by atoms with Gasteiger partial charge in [-0.3, -0.25) is 4.39 Å². The summed E-state index contributed by atoms with van der Waals surface area (Å²) < 4.78 is 119. The van der Waals surface area contributed by atoms with Crippen LogP contribution in [0.4, 0.5) is 39.5 Å². The highest BCUT2D eigenvalue weighted by molar-refractivity contribution is 7.95. The molecule has 11 heteroatoms. The fourth-order valence-electron chi connectivity index (χ4n) is 3.36. The highest BCUT2D eigenvalue weighted by Crippen LogP contribution is 2.34. The van der Waals surface area contributed by atoms with E-state index in [9.17, 15) is 39.5 Å². The minimum absolute atomic E-state index is 0.0317. The molecule has 0 aliphatic heterocycles. The Morgan fingerprint density at radius 2 is 1.40 bits per heavy atom. The second-order valence-electron chi connectivity index (χ2n) is 7.49. The lowest BCUT2D eigenvalue weighted by atomic mass is 10.1. The van der Waals surface area contributed by atoms with Crippen LogP contribution < -0.4 is 4.18 Å². The summed E-state index contributed by atoms with van der Waals surface area (Å²) in [5.74, 6) is -11.5. The molecule has 0 saturated carbocycles. The van der Waals surface area contributed by atoms with Crippen molar-refractivity contribution in [3.8, 4) is 5.75 Å². The number of halogens is 9. The Kier molecular flexibility index (Phi) is 8.63. The molecule has 3 aromatic rings. The van der Waals surface area contributed by atoms with Crippen molar-refractivity contribution in [1.29, 1.82) is 0 Å². The number of rotatable bonds is 5. The number of aryl methyl sites for hydroxylation is 3. The molecule has 1 aliphatic rings. The van der Waals surface area contributed by atoms with Crippen LogP contribution in [0.2, 0.25) is 0 Å². The Morgan fingerprint density at radius 3 is 2.03 bits per heavy atom. The summed E-state index contributed by atoms with van der Waals surface area (Å²) in [5.41, 5.74) is 1.95. The van der Waals surface area contributed by atoms with Crippen LogP contribution in [0.3, 0.4) is 0 Å². The van der Waals surface area contributed by atoms with E-state index in [0.29, 0.717) is 22.5 Å². The van der Waals surface area contributed by atoms with E-state index in [1.165, 1.54) is 17.7 Å². The van der Waals surface area contributed by atoms with Crippen LogP contribution in [0.1, 0.15) is 28.7 Å². The highest BCUT2D eigenvalue weighted by Gasteiger charge is 2.30. The van der Waals surface area contributed by atoms with Crippen LogP contribution in [-0.4, -0.2) is 6.67 Å². The maximum Gasteiger partial charge on any atom is 0.416 e. The SMILES string of the molecule is FCCc1cccc(C(F)(F)F)c1.Fc1c(F)c(F)c(OSc2ccc3c(c2)CCC3)c(F)c1F. The molecule has 0 fully saturated rings. The molecule has 0 amide bonds. The Balaban J connectivity index is 0.000000225. The van der Waals surface area contributed by atoms with Gasteiger partial charge in [0.25, 0.3) is 0 Å². The molecule has 0 radical (unpaired) electrons. The Labute approximate surface area is 199 Å². The normalized spacial score (nSPS) is 12.7. The first-order valence-corrected chi connectivity index (χ1v) is 11.0. The molecule has 0 atom stereocenters. The smallest absolute Gasteiger partial charge is 0.414 e. The van der Waals surface area contributed by atoms with Gasteiger partial charge in [0.2, 0.25) is 34.8 Å². The van der Waals surface area contributed by atoms with E-state index in [0.717, 1.165) is 37.0 Å². The maximum atomic E-state index is 13.5. The lowest BCUT2D eigenvalue weighted by molar-refractivity contribution is -0.137. The second-order valence-corrected chi connectivity index (χ2v) is 8.29. The van der Waals surface area contributed by atoms with Crippen molar-refractivity contribution in [3.63, 3.8) is 0 Å². The molecule has 1 aliphatic carbocycles. The third-order valence-electron chi connectivity index (χ3n) is 5.10. The number of alkyl halides is 4. The van der Waals surface area contributed by atoms with Crippen molar-refractivity contribution in [3.05, 3.63) is 93.8 Å². The van der Waals surface area contributed by atoms with E-state index < -0.39 is 53.2 Å². The molecule has 0 aromatic heterocycles. The van der Waals surface area contributed by atoms with Crippen LogP contribution in [0, 0.1) is 29.1 Å². The minimum Gasteiger partial charge on any atom is -0.414 e. The average Bonchev–Trinajstić information content (AvgIpc) is 3.30. The Morgan fingerprint density at radius 1 is 0.771 bits per heavy atom. The molecule has 0 heterocycles. The highest BCUT2D eigenvalue weighted by atomic mass is 32.2. The maximum absolute atomic E-state index is 13.5. The Bertz CT molecular complexity index is 1170. The minimum atomic E-state index is -4.34. The lowest BCUT2D eigenvalue weighted by Crippen LogP contribution is -2.05. The zero-order chi connectivity index (χ0) is 25.8.